The summed E-state index contributed by atoms with van der Waals surface area (Å²) in [7, 11) is 0.800. The topological polar surface area (TPSA) is 103 Å². The maximum Gasteiger partial charge on any atom is 0.494 e. The summed E-state index contributed by atoms with van der Waals surface area (Å²) in [6, 6.07) is 6.76. The van der Waals surface area contributed by atoms with E-state index in [1.807, 2.05) is 52.0 Å². The number of carbonyl (C=O) groups is 3. The zero-order valence-corrected chi connectivity index (χ0v) is 22.7. The summed E-state index contributed by atoms with van der Waals surface area (Å²) in [6.45, 7) is 13.9. The molecule has 2 atom stereocenters. The lowest BCUT2D eigenvalue weighted by Gasteiger charge is -2.32. The van der Waals surface area contributed by atoms with Gasteiger partial charge in [-0.3, -0.25) is 9.59 Å². The van der Waals surface area contributed by atoms with Gasteiger partial charge in [-0.05, 0) is 65.9 Å². The fourth-order valence-corrected chi connectivity index (χ4v) is 4.27. The van der Waals surface area contributed by atoms with Crippen molar-refractivity contribution in [1.29, 1.82) is 0 Å². The molecule has 36 heavy (non-hydrogen) atoms. The van der Waals surface area contributed by atoms with Crippen LogP contribution in [0.25, 0.3) is 0 Å². The first kappa shape index (κ1) is 28.0. The van der Waals surface area contributed by atoms with E-state index >= 15 is 0 Å². The van der Waals surface area contributed by atoms with Crippen molar-refractivity contribution >= 4 is 30.6 Å². The van der Waals surface area contributed by atoms with Gasteiger partial charge < -0.3 is 29.0 Å². The largest absolute Gasteiger partial charge is 0.494 e. The number of nitrogens with zero attached hydrogens (tertiary/aromatic N) is 1. The smallest absolute Gasteiger partial charge is 0.469 e. The number of hydrogen-bond acceptors (Lipinski definition) is 7. The molecule has 0 saturated carbocycles. The van der Waals surface area contributed by atoms with Crippen LogP contribution >= 0.6 is 0 Å². The Morgan fingerprint density at radius 2 is 1.81 bits per heavy atom. The highest BCUT2D eigenvalue weighted by molar-refractivity contribution is 6.62. The van der Waals surface area contributed by atoms with Crippen molar-refractivity contribution in [2.75, 3.05) is 20.2 Å². The van der Waals surface area contributed by atoms with E-state index in [1.54, 1.807) is 25.7 Å². The molecular weight excluding hydrogens is 463 g/mol. The number of nitrogens with one attached hydrogen (secondary N) is 1. The molecule has 0 aliphatic carbocycles. The fraction of sp³-hybridized carbons (Fsp3) is 0.654. The highest BCUT2D eigenvalue weighted by Crippen LogP contribution is 2.36. The second kappa shape index (κ2) is 10.4. The van der Waals surface area contributed by atoms with Gasteiger partial charge in [0, 0.05) is 19.5 Å². The number of alkyl carbamates (subject to hydrolysis) is 1. The van der Waals surface area contributed by atoms with Gasteiger partial charge >= 0.3 is 19.2 Å². The number of methoxy groups -OCH3 is 1. The number of ether oxygens (including phenoxy) is 2. The van der Waals surface area contributed by atoms with Gasteiger partial charge in [0.05, 0.1) is 24.2 Å². The van der Waals surface area contributed by atoms with Gasteiger partial charge in [0.1, 0.15) is 11.6 Å². The van der Waals surface area contributed by atoms with E-state index < -0.39 is 36.1 Å². The van der Waals surface area contributed by atoms with E-state index in [0.717, 1.165) is 11.0 Å². The number of benzene rings is 1. The molecule has 0 bridgehead atoms. The van der Waals surface area contributed by atoms with Crippen LogP contribution in [-0.4, -0.2) is 73.0 Å². The van der Waals surface area contributed by atoms with Crippen LogP contribution in [0.15, 0.2) is 24.3 Å². The molecule has 2 amide bonds. The molecule has 1 aromatic carbocycles. The van der Waals surface area contributed by atoms with Crippen molar-refractivity contribution in [3.8, 4) is 0 Å². The van der Waals surface area contributed by atoms with Crippen molar-refractivity contribution in [2.45, 2.75) is 84.2 Å². The van der Waals surface area contributed by atoms with Gasteiger partial charge in [0.2, 0.25) is 5.91 Å². The van der Waals surface area contributed by atoms with Crippen molar-refractivity contribution < 1.29 is 33.2 Å². The summed E-state index contributed by atoms with van der Waals surface area (Å²) >= 11 is 0. The molecular formula is C26H39BN2O7. The number of esters is 1. The van der Waals surface area contributed by atoms with E-state index in [4.69, 9.17) is 18.8 Å². The molecule has 0 aromatic heterocycles. The molecule has 1 aromatic rings. The Kier molecular flexibility index (Phi) is 8.10. The molecule has 9 nitrogen and oxygen atoms in total. The van der Waals surface area contributed by atoms with Crippen LogP contribution in [0.3, 0.4) is 0 Å². The van der Waals surface area contributed by atoms with Gasteiger partial charge in [-0.1, -0.05) is 24.3 Å². The summed E-state index contributed by atoms with van der Waals surface area (Å²) in [5, 5.41) is 2.74. The first-order valence-electron chi connectivity index (χ1n) is 12.4. The third-order valence-corrected chi connectivity index (χ3v) is 6.94. The number of likely N-dealkylation sites (tertiary alicyclic amines) is 1. The van der Waals surface area contributed by atoms with Gasteiger partial charge in [-0.25, -0.2) is 4.79 Å². The maximum absolute atomic E-state index is 13.5. The Hall–Kier alpha value is -2.59. The number of carbonyl (C=O) groups excluding carboxylic acids is 3. The molecule has 1 N–H and O–H groups in total. The third-order valence-electron chi connectivity index (χ3n) is 6.94. The zero-order chi connectivity index (χ0) is 26.9. The summed E-state index contributed by atoms with van der Waals surface area (Å²) in [4.78, 5) is 39.6. The molecule has 198 valence electrons. The van der Waals surface area contributed by atoms with Crippen molar-refractivity contribution in [2.24, 2.45) is 5.92 Å². The number of hydrogen-bond donors (Lipinski definition) is 1. The summed E-state index contributed by atoms with van der Waals surface area (Å²) in [5.74, 6) is -0.974. The van der Waals surface area contributed by atoms with Crippen LogP contribution in [0.4, 0.5) is 4.79 Å². The summed E-state index contributed by atoms with van der Waals surface area (Å²) in [5.41, 5.74) is 0.00643. The minimum absolute atomic E-state index is 0.241. The Bertz CT molecular complexity index is 973. The standard InChI is InChI=1S/C26H39BN2O7/c1-24(2,3)34-23(32)28-20(21(30)29-13-12-18(16-29)22(31)33-8)15-17-10-9-11-19(14-17)27-35-25(4,5)26(6,7)36-27/h9-11,14,18,20H,12-13,15-16H2,1-8H3,(H,28,32)/t18-,20-/m0/s1. The van der Waals surface area contributed by atoms with Gasteiger partial charge in [0.25, 0.3) is 0 Å². The van der Waals surface area contributed by atoms with E-state index in [0.29, 0.717) is 13.0 Å². The van der Waals surface area contributed by atoms with Gasteiger partial charge in [-0.2, -0.15) is 0 Å². The van der Waals surface area contributed by atoms with Crippen molar-refractivity contribution in [3.05, 3.63) is 29.8 Å². The van der Waals surface area contributed by atoms with Crippen LogP contribution in [0.1, 0.15) is 60.5 Å². The predicted octanol–water partition coefficient (Wildman–Crippen LogP) is 2.44. The molecule has 2 aliphatic heterocycles. The second-order valence-corrected chi connectivity index (χ2v) is 11.5. The van der Waals surface area contributed by atoms with Gasteiger partial charge in [0.15, 0.2) is 0 Å². The van der Waals surface area contributed by atoms with Gasteiger partial charge in [-0.15, -0.1) is 0 Å². The van der Waals surface area contributed by atoms with E-state index in [9.17, 15) is 14.4 Å². The zero-order valence-electron chi connectivity index (χ0n) is 22.7. The highest BCUT2D eigenvalue weighted by atomic mass is 16.7. The highest BCUT2D eigenvalue weighted by Gasteiger charge is 2.51. The number of amides is 2. The molecule has 2 aliphatic rings. The molecule has 2 heterocycles. The molecule has 0 radical (unpaired) electrons. The number of rotatable bonds is 6. The fourth-order valence-electron chi connectivity index (χ4n) is 4.27. The lowest BCUT2D eigenvalue weighted by molar-refractivity contribution is -0.145. The SMILES string of the molecule is COC(=O)[C@H]1CCN(C(=O)[C@H](Cc2cccc(B3OC(C)(C)C(C)(C)O3)c2)NC(=O)OC(C)(C)C)C1. The van der Waals surface area contributed by atoms with Crippen molar-refractivity contribution in [1.82, 2.24) is 10.2 Å². The minimum atomic E-state index is -0.871. The van der Waals surface area contributed by atoms with Crippen LogP contribution in [0.5, 0.6) is 0 Å². The normalized spacial score (nSPS) is 21.7. The van der Waals surface area contributed by atoms with Crippen LogP contribution in [0, 0.1) is 5.92 Å². The first-order chi connectivity index (χ1) is 16.6. The average molecular weight is 502 g/mol. The minimum Gasteiger partial charge on any atom is -0.469 e. The average Bonchev–Trinajstić information content (AvgIpc) is 3.33. The lowest BCUT2D eigenvalue weighted by Crippen LogP contribution is -2.50. The van der Waals surface area contributed by atoms with Crippen molar-refractivity contribution in [3.63, 3.8) is 0 Å². The molecule has 10 heteroatoms. The quantitative estimate of drug-likeness (QED) is 0.471. The van der Waals surface area contributed by atoms with E-state index in [-0.39, 0.29) is 30.8 Å². The van der Waals surface area contributed by atoms with E-state index in [1.165, 1.54) is 7.11 Å². The third kappa shape index (κ3) is 6.59. The molecule has 2 fully saturated rings. The Morgan fingerprint density at radius 1 is 1.17 bits per heavy atom. The molecule has 2 saturated heterocycles. The monoisotopic (exact) mass is 502 g/mol. The lowest BCUT2D eigenvalue weighted by atomic mass is 9.78. The van der Waals surface area contributed by atoms with Crippen LogP contribution in [-0.2, 0) is 34.8 Å². The molecule has 3 rings (SSSR count). The van der Waals surface area contributed by atoms with E-state index in [2.05, 4.69) is 5.32 Å². The van der Waals surface area contributed by atoms with Crippen LogP contribution in [0.2, 0.25) is 0 Å². The Labute approximate surface area is 214 Å². The molecule has 0 unspecified atom stereocenters. The summed E-state index contributed by atoms with van der Waals surface area (Å²) in [6.07, 6.45) is 0.0893. The van der Waals surface area contributed by atoms with Crippen LogP contribution < -0.4 is 10.8 Å². The predicted molar refractivity (Wildman–Crippen MR) is 136 cm³/mol. The Balaban J connectivity index is 1.79. The first-order valence-corrected chi connectivity index (χ1v) is 12.4. The summed E-state index contributed by atoms with van der Waals surface area (Å²) < 4.78 is 22.6. The Morgan fingerprint density at radius 3 is 2.39 bits per heavy atom. The molecule has 0 spiro atoms. The maximum atomic E-state index is 13.5. The second-order valence-electron chi connectivity index (χ2n) is 11.5.